The van der Waals surface area contributed by atoms with Gasteiger partial charge in [0.25, 0.3) is 5.91 Å². The molecule has 1 heterocycles. The van der Waals surface area contributed by atoms with E-state index < -0.39 is 0 Å². The van der Waals surface area contributed by atoms with E-state index in [1.54, 1.807) is 12.5 Å². The van der Waals surface area contributed by atoms with Gasteiger partial charge in [-0.3, -0.25) is 4.79 Å². The Morgan fingerprint density at radius 3 is 2.67 bits per heavy atom. The van der Waals surface area contributed by atoms with E-state index in [0.29, 0.717) is 31.9 Å². The average molecular weight is 370 g/mol. The zero-order valence-electron chi connectivity index (χ0n) is 13.8. The number of aromatic nitrogens is 1. The average Bonchev–Trinajstić information content (AvgIpc) is 3.07. The summed E-state index contributed by atoms with van der Waals surface area (Å²) in [4.78, 5) is 18.9. The van der Waals surface area contributed by atoms with Crippen LogP contribution in [0.4, 0.5) is 0 Å². The summed E-state index contributed by atoms with van der Waals surface area (Å²) in [6.45, 7) is 2.35. The maximum Gasteiger partial charge on any atom is 0.273 e. The topological polar surface area (TPSA) is 68.5 Å². The molecule has 2 rings (SSSR count). The normalized spacial score (nSPS) is 10.2. The smallest absolute Gasteiger partial charge is 0.273 e. The van der Waals surface area contributed by atoms with Crippen molar-refractivity contribution in [1.82, 2.24) is 9.88 Å². The summed E-state index contributed by atoms with van der Waals surface area (Å²) in [6.07, 6.45) is 1.83. The van der Waals surface area contributed by atoms with E-state index in [0.717, 1.165) is 23.4 Å². The highest BCUT2D eigenvalue weighted by Gasteiger charge is 2.18. The van der Waals surface area contributed by atoms with E-state index in [2.05, 4.69) is 4.98 Å². The van der Waals surface area contributed by atoms with Crippen molar-refractivity contribution >= 4 is 29.7 Å². The molecule has 0 saturated carbocycles. The van der Waals surface area contributed by atoms with Crippen LogP contribution < -0.4 is 5.73 Å². The minimum absolute atomic E-state index is 0. The molecule has 1 aromatic heterocycles. The highest BCUT2D eigenvalue weighted by molar-refractivity contribution is 7.09. The highest BCUT2D eigenvalue weighted by Crippen LogP contribution is 2.14. The predicted octanol–water partition coefficient (Wildman–Crippen LogP) is 3.09. The van der Waals surface area contributed by atoms with Gasteiger partial charge in [-0.25, -0.2) is 4.98 Å². The number of rotatable bonds is 9. The van der Waals surface area contributed by atoms with Gasteiger partial charge >= 0.3 is 0 Å². The molecule has 0 aliphatic heterocycles. The van der Waals surface area contributed by atoms with Gasteiger partial charge in [-0.15, -0.1) is 23.7 Å². The quantitative estimate of drug-likeness (QED) is 0.689. The standard InChI is InChI=1S/C17H23N3O2S.ClH/c1-22-10-6-5-9-20(12-14-7-3-2-4-8-14)17(21)15-13-23-16(11-18)19-15;/h2-4,7-8,13H,5-6,9-12,18H2,1H3;1H. The van der Waals surface area contributed by atoms with Crippen LogP contribution in [-0.4, -0.2) is 36.1 Å². The molecular formula is C17H24ClN3O2S. The molecule has 132 valence electrons. The third-order valence-corrected chi connectivity index (χ3v) is 4.35. The largest absolute Gasteiger partial charge is 0.385 e. The van der Waals surface area contributed by atoms with E-state index in [9.17, 15) is 4.79 Å². The number of halogens is 1. The second-order valence-corrected chi connectivity index (χ2v) is 6.19. The van der Waals surface area contributed by atoms with Crippen molar-refractivity contribution < 1.29 is 9.53 Å². The molecule has 0 unspecified atom stereocenters. The number of benzene rings is 1. The van der Waals surface area contributed by atoms with Crippen molar-refractivity contribution in [2.75, 3.05) is 20.3 Å². The van der Waals surface area contributed by atoms with Gasteiger partial charge in [-0.1, -0.05) is 30.3 Å². The zero-order chi connectivity index (χ0) is 16.5. The molecule has 5 nitrogen and oxygen atoms in total. The number of carbonyl (C=O) groups excluding carboxylic acids is 1. The van der Waals surface area contributed by atoms with Gasteiger partial charge in [0.2, 0.25) is 0 Å². The summed E-state index contributed by atoms with van der Waals surface area (Å²) in [5.74, 6) is -0.0396. The fourth-order valence-electron chi connectivity index (χ4n) is 2.27. The number of ether oxygens (including phenoxy) is 1. The van der Waals surface area contributed by atoms with Gasteiger partial charge in [0.1, 0.15) is 10.7 Å². The maximum absolute atomic E-state index is 12.7. The third kappa shape index (κ3) is 6.20. The minimum Gasteiger partial charge on any atom is -0.385 e. The number of hydrogen-bond acceptors (Lipinski definition) is 5. The van der Waals surface area contributed by atoms with Crippen molar-refractivity contribution in [2.45, 2.75) is 25.9 Å². The van der Waals surface area contributed by atoms with Crippen molar-refractivity contribution in [1.29, 1.82) is 0 Å². The van der Waals surface area contributed by atoms with E-state index >= 15 is 0 Å². The predicted molar refractivity (Wildman–Crippen MR) is 99.5 cm³/mol. The van der Waals surface area contributed by atoms with Crippen molar-refractivity contribution in [3.8, 4) is 0 Å². The lowest BCUT2D eigenvalue weighted by Crippen LogP contribution is -2.32. The van der Waals surface area contributed by atoms with Crippen molar-refractivity contribution in [3.63, 3.8) is 0 Å². The summed E-state index contributed by atoms with van der Waals surface area (Å²) >= 11 is 1.43. The molecule has 0 atom stereocenters. The van der Waals surface area contributed by atoms with Crippen LogP contribution in [0.3, 0.4) is 0 Å². The van der Waals surface area contributed by atoms with Gasteiger partial charge < -0.3 is 15.4 Å². The van der Waals surface area contributed by atoms with Crippen LogP contribution in [-0.2, 0) is 17.8 Å². The van der Waals surface area contributed by atoms with Gasteiger partial charge in [-0.2, -0.15) is 0 Å². The maximum atomic E-state index is 12.7. The van der Waals surface area contributed by atoms with Crippen LogP contribution in [0.5, 0.6) is 0 Å². The van der Waals surface area contributed by atoms with Crippen LogP contribution >= 0.6 is 23.7 Å². The zero-order valence-corrected chi connectivity index (χ0v) is 15.4. The summed E-state index contributed by atoms with van der Waals surface area (Å²) in [6, 6.07) is 10.0. The van der Waals surface area contributed by atoms with E-state index in [4.69, 9.17) is 10.5 Å². The summed E-state index contributed by atoms with van der Waals surface area (Å²) in [5, 5.41) is 2.57. The Morgan fingerprint density at radius 2 is 2.04 bits per heavy atom. The van der Waals surface area contributed by atoms with Crippen LogP contribution in [0.2, 0.25) is 0 Å². The van der Waals surface area contributed by atoms with Gasteiger partial charge in [0.15, 0.2) is 0 Å². The number of unbranched alkanes of at least 4 members (excludes halogenated alkanes) is 1. The Labute approximate surface area is 153 Å². The van der Waals surface area contributed by atoms with Gasteiger partial charge in [-0.05, 0) is 18.4 Å². The lowest BCUT2D eigenvalue weighted by Gasteiger charge is -2.22. The number of methoxy groups -OCH3 is 1. The van der Waals surface area contributed by atoms with E-state index in [1.165, 1.54) is 11.3 Å². The molecule has 7 heteroatoms. The molecule has 2 N–H and O–H groups in total. The number of nitrogens with zero attached hydrogens (tertiary/aromatic N) is 2. The molecule has 0 aliphatic carbocycles. The number of thiazole rings is 1. The first-order valence-corrected chi connectivity index (χ1v) is 8.59. The van der Waals surface area contributed by atoms with Crippen LogP contribution in [0.25, 0.3) is 0 Å². The Kier molecular flexibility index (Phi) is 9.56. The summed E-state index contributed by atoms with van der Waals surface area (Å²) < 4.78 is 5.08. The number of hydrogen-bond donors (Lipinski definition) is 1. The van der Waals surface area contributed by atoms with Crippen molar-refractivity contribution in [3.05, 3.63) is 52.0 Å². The lowest BCUT2D eigenvalue weighted by atomic mass is 10.2. The Hall–Kier alpha value is -1.47. The van der Waals surface area contributed by atoms with Crippen molar-refractivity contribution in [2.24, 2.45) is 5.73 Å². The summed E-state index contributed by atoms with van der Waals surface area (Å²) in [5.41, 5.74) is 7.18. The second-order valence-electron chi connectivity index (χ2n) is 5.24. The molecule has 0 aliphatic rings. The molecular weight excluding hydrogens is 346 g/mol. The van der Waals surface area contributed by atoms with Crippen LogP contribution in [0.1, 0.15) is 33.9 Å². The summed E-state index contributed by atoms with van der Waals surface area (Å²) in [7, 11) is 1.69. The molecule has 1 amide bonds. The Morgan fingerprint density at radius 1 is 1.29 bits per heavy atom. The molecule has 0 saturated heterocycles. The first kappa shape index (κ1) is 20.6. The molecule has 0 fully saturated rings. The molecule has 1 aromatic carbocycles. The fourth-order valence-corrected chi connectivity index (χ4v) is 2.92. The Bertz CT molecular complexity index is 607. The lowest BCUT2D eigenvalue weighted by molar-refractivity contribution is 0.0729. The van der Waals surface area contributed by atoms with Crippen LogP contribution in [0, 0.1) is 0 Å². The molecule has 0 radical (unpaired) electrons. The molecule has 24 heavy (non-hydrogen) atoms. The second kappa shape index (κ2) is 11.1. The molecule has 0 spiro atoms. The van der Waals surface area contributed by atoms with Gasteiger partial charge in [0, 0.05) is 38.7 Å². The third-order valence-electron chi connectivity index (χ3n) is 3.48. The number of carbonyl (C=O) groups is 1. The number of amides is 1. The highest BCUT2D eigenvalue weighted by atomic mass is 35.5. The first-order valence-electron chi connectivity index (χ1n) is 7.71. The molecule has 2 aromatic rings. The van der Waals surface area contributed by atoms with Gasteiger partial charge in [0.05, 0.1) is 0 Å². The van der Waals surface area contributed by atoms with E-state index in [-0.39, 0.29) is 18.3 Å². The SMILES string of the molecule is COCCCCN(Cc1ccccc1)C(=O)c1csc(CN)n1.Cl. The monoisotopic (exact) mass is 369 g/mol. The fraction of sp³-hybridized carbons (Fsp3) is 0.412. The van der Waals surface area contributed by atoms with Crippen LogP contribution in [0.15, 0.2) is 35.7 Å². The Balaban J connectivity index is 0.00000288. The minimum atomic E-state index is -0.0396. The number of nitrogens with two attached hydrogens (primary N) is 1. The molecule has 0 bridgehead atoms. The van der Waals surface area contributed by atoms with E-state index in [1.807, 2.05) is 35.2 Å². The first-order chi connectivity index (χ1) is 11.2.